The molecular formula is C27H32N4O3S. The van der Waals surface area contributed by atoms with E-state index in [9.17, 15) is 9.59 Å². The summed E-state index contributed by atoms with van der Waals surface area (Å²) in [6, 6.07) is 10.3. The molecule has 184 valence electrons. The molecule has 3 heterocycles. The van der Waals surface area contributed by atoms with Crippen molar-refractivity contribution in [1.29, 1.82) is 0 Å². The number of hydrogen-bond donors (Lipinski definition) is 1. The summed E-state index contributed by atoms with van der Waals surface area (Å²) in [6.07, 6.45) is 4.73. The van der Waals surface area contributed by atoms with E-state index >= 15 is 0 Å². The summed E-state index contributed by atoms with van der Waals surface area (Å²) in [5.41, 5.74) is 2.36. The lowest BCUT2D eigenvalue weighted by molar-refractivity contribution is -0.125. The summed E-state index contributed by atoms with van der Waals surface area (Å²) >= 11 is 1.73. The first kappa shape index (κ1) is 24.7. The molecule has 0 fully saturated rings. The van der Waals surface area contributed by atoms with Crippen LogP contribution in [0.3, 0.4) is 0 Å². The van der Waals surface area contributed by atoms with E-state index in [1.54, 1.807) is 39.5 Å². The molecule has 3 aromatic rings. The zero-order chi connectivity index (χ0) is 25.2. The summed E-state index contributed by atoms with van der Waals surface area (Å²) in [5, 5.41) is 4.51. The number of hydrogen-bond acceptors (Lipinski definition) is 6. The molecule has 1 aromatic carbocycles. The van der Waals surface area contributed by atoms with E-state index in [1.807, 2.05) is 46.0 Å². The van der Waals surface area contributed by atoms with Crippen LogP contribution in [0.1, 0.15) is 42.3 Å². The summed E-state index contributed by atoms with van der Waals surface area (Å²) in [6.45, 7) is 9.75. The van der Waals surface area contributed by atoms with Gasteiger partial charge in [0.15, 0.2) is 0 Å². The largest absolute Gasteiger partial charge is 0.444 e. The molecule has 0 saturated heterocycles. The molecule has 0 unspecified atom stereocenters. The van der Waals surface area contributed by atoms with Crippen molar-refractivity contribution in [3.8, 4) is 0 Å². The number of nitrogens with zero attached hydrogens (tertiary/aromatic N) is 3. The second-order valence-electron chi connectivity index (χ2n) is 9.78. The van der Waals surface area contributed by atoms with Crippen LogP contribution in [0, 0.1) is 6.92 Å². The summed E-state index contributed by atoms with van der Waals surface area (Å²) in [7, 11) is 1.81. The lowest BCUT2D eigenvalue weighted by Crippen LogP contribution is -2.37. The van der Waals surface area contributed by atoms with Gasteiger partial charge in [0.25, 0.3) is 0 Å². The van der Waals surface area contributed by atoms with E-state index < -0.39 is 5.60 Å². The Morgan fingerprint density at radius 1 is 1.29 bits per heavy atom. The maximum atomic E-state index is 12.8. The van der Waals surface area contributed by atoms with Crippen LogP contribution in [0.15, 0.2) is 42.6 Å². The van der Waals surface area contributed by atoms with E-state index in [-0.39, 0.29) is 12.0 Å². The standard InChI is InChI=1S/C27H32N4O3S/c1-18-21-8-6-7-9-22(21)35-23(18)17-30(5)24(32)11-10-19-14-20-16-31(26(33)34-27(2,3)4)13-12-28-25(20)29-15-19/h6-11,14-15H,12-13,16-17H2,1-5H3,(H,28,29). The second kappa shape index (κ2) is 10.1. The lowest BCUT2D eigenvalue weighted by Gasteiger charge is -2.26. The van der Waals surface area contributed by atoms with E-state index in [0.29, 0.717) is 26.2 Å². The van der Waals surface area contributed by atoms with E-state index in [2.05, 4.69) is 29.4 Å². The number of likely N-dealkylation sites (N-methyl/N-ethyl adjacent to an activating group) is 1. The maximum absolute atomic E-state index is 12.8. The third kappa shape index (κ3) is 6.00. The van der Waals surface area contributed by atoms with Crippen LogP contribution in [0.5, 0.6) is 0 Å². The van der Waals surface area contributed by atoms with Gasteiger partial charge in [0.1, 0.15) is 11.4 Å². The van der Waals surface area contributed by atoms with Gasteiger partial charge in [0.05, 0.1) is 13.1 Å². The van der Waals surface area contributed by atoms with Gasteiger partial charge in [-0.2, -0.15) is 0 Å². The molecule has 2 amide bonds. The van der Waals surface area contributed by atoms with Gasteiger partial charge in [-0.3, -0.25) is 4.79 Å². The highest BCUT2D eigenvalue weighted by molar-refractivity contribution is 7.19. The first-order chi connectivity index (χ1) is 16.6. The zero-order valence-corrected chi connectivity index (χ0v) is 21.7. The van der Waals surface area contributed by atoms with Crippen molar-refractivity contribution in [3.05, 3.63) is 64.2 Å². The Morgan fingerprint density at radius 3 is 2.80 bits per heavy atom. The fourth-order valence-electron chi connectivity index (χ4n) is 3.94. The summed E-state index contributed by atoms with van der Waals surface area (Å²) in [4.78, 5) is 34.5. The van der Waals surface area contributed by atoms with E-state index in [4.69, 9.17) is 4.74 Å². The van der Waals surface area contributed by atoms with Crippen LogP contribution in [-0.2, 0) is 22.6 Å². The number of nitrogens with one attached hydrogen (secondary N) is 1. The van der Waals surface area contributed by atoms with Crippen LogP contribution in [-0.4, -0.2) is 52.5 Å². The van der Waals surface area contributed by atoms with Crippen LogP contribution in [0.25, 0.3) is 16.2 Å². The molecule has 2 aromatic heterocycles. The molecule has 0 spiro atoms. The molecule has 0 saturated carbocycles. The normalized spacial score (nSPS) is 13.9. The van der Waals surface area contributed by atoms with Crippen molar-refractivity contribution in [2.75, 3.05) is 25.5 Å². The van der Waals surface area contributed by atoms with Gasteiger partial charge < -0.3 is 19.9 Å². The van der Waals surface area contributed by atoms with E-state index in [1.165, 1.54) is 20.5 Å². The van der Waals surface area contributed by atoms with Crippen LogP contribution in [0.2, 0.25) is 0 Å². The third-order valence-corrected chi connectivity index (χ3v) is 7.05. The van der Waals surface area contributed by atoms with Crippen LogP contribution >= 0.6 is 11.3 Å². The molecule has 1 aliphatic rings. The predicted molar refractivity (Wildman–Crippen MR) is 141 cm³/mol. The van der Waals surface area contributed by atoms with E-state index in [0.717, 1.165) is 16.9 Å². The van der Waals surface area contributed by atoms with Crippen molar-refractivity contribution in [2.45, 2.75) is 46.4 Å². The van der Waals surface area contributed by atoms with Crippen molar-refractivity contribution in [2.24, 2.45) is 0 Å². The number of thiophene rings is 1. The van der Waals surface area contributed by atoms with Gasteiger partial charge in [0.2, 0.25) is 5.91 Å². The van der Waals surface area contributed by atoms with Crippen LogP contribution < -0.4 is 5.32 Å². The maximum Gasteiger partial charge on any atom is 0.410 e. The van der Waals surface area contributed by atoms with Gasteiger partial charge >= 0.3 is 6.09 Å². The average Bonchev–Trinajstić information content (AvgIpc) is 2.98. The number of amides is 2. The van der Waals surface area contributed by atoms with Crippen molar-refractivity contribution in [3.63, 3.8) is 0 Å². The minimum atomic E-state index is -0.552. The number of ether oxygens (including phenoxy) is 1. The number of carbonyl (C=O) groups excluding carboxylic acids is 2. The number of aromatic nitrogens is 1. The van der Waals surface area contributed by atoms with Crippen molar-refractivity contribution in [1.82, 2.24) is 14.8 Å². The van der Waals surface area contributed by atoms with Gasteiger partial charge in [0, 0.05) is 47.6 Å². The number of fused-ring (bicyclic) bond motifs is 2. The van der Waals surface area contributed by atoms with Crippen molar-refractivity contribution < 1.29 is 14.3 Å². The quantitative estimate of drug-likeness (QED) is 0.491. The minimum Gasteiger partial charge on any atom is -0.444 e. The molecule has 7 nitrogen and oxygen atoms in total. The highest BCUT2D eigenvalue weighted by Crippen LogP contribution is 2.31. The highest BCUT2D eigenvalue weighted by Gasteiger charge is 2.25. The number of pyridine rings is 1. The second-order valence-corrected chi connectivity index (χ2v) is 10.9. The monoisotopic (exact) mass is 492 g/mol. The molecule has 1 N–H and O–H groups in total. The highest BCUT2D eigenvalue weighted by atomic mass is 32.1. The van der Waals surface area contributed by atoms with Gasteiger partial charge in [-0.1, -0.05) is 18.2 Å². The molecule has 8 heteroatoms. The fraction of sp³-hybridized carbons (Fsp3) is 0.370. The molecule has 4 rings (SSSR count). The lowest BCUT2D eigenvalue weighted by atomic mass is 10.1. The first-order valence-corrected chi connectivity index (χ1v) is 12.5. The molecule has 0 bridgehead atoms. The number of aryl methyl sites for hydroxylation is 1. The Balaban J connectivity index is 1.44. The summed E-state index contributed by atoms with van der Waals surface area (Å²) < 4.78 is 6.77. The average molecular weight is 493 g/mol. The Hall–Kier alpha value is -3.39. The first-order valence-electron chi connectivity index (χ1n) is 11.7. The molecule has 0 atom stereocenters. The number of carbonyl (C=O) groups is 2. The zero-order valence-electron chi connectivity index (χ0n) is 20.9. The molecule has 35 heavy (non-hydrogen) atoms. The Bertz CT molecular complexity index is 1280. The number of benzene rings is 1. The van der Waals surface area contributed by atoms with Gasteiger partial charge in [-0.05, 0) is 62.4 Å². The topological polar surface area (TPSA) is 74.8 Å². The predicted octanol–water partition coefficient (Wildman–Crippen LogP) is 5.44. The third-order valence-electron chi connectivity index (χ3n) is 5.79. The Morgan fingerprint density at radius 2 is 2.06 bits per heavy atom. The Kier molecular flexibility index (Phi) is 7.12. The fourth-order valence-corrected chi connectivity index (χ4v) is 5.20. The van der Waals surface area contributed by atoms with Crippen LogP contribution in [0.4, 0.5) is 10.6 Å². The Labute approximate surface area is 210 Å². The number of anilines is 1. The number of rotatable bonds is 4. The molecular weight excluding hydrogens is 460 g/mol. The van der Waals surface area contributed by atoms with Crippen molar-refractivity contribution >= 4 is 45.3 Å². The minimum absolute atomic E-state index is 0.0784. The smallest absolute Gasteiger partial charge is 0.410 e. The molecule has 0 radical (unpaired) electrons. The molecule has 1 aliphatic heterocycles. The molecule has 0 aliphatic carbocycles. The van der Waals surface area contributed by atoms with Gasteiger partial charge in [-0.25, -0.2) is 9.78 Å². The SMILES string of the molecule is Cc1c(CN(C)C(=O)C=Cc2cnc3c(c2)CN(C(=O)OC(C)(C)C)CCN3)sc2ccccc12. The van der Waals surface area contributed by atoms with Gasteiger partial charge in [-0.15, -0.1) is 11.3 Å². The summed E-state index contributed by atoms with van der Waals surface area (Å²) in [5.74, 6) is 0.669.